The summed E-state index contributed by atoms with van der Waals surface area (Å²) in [5.41, 5.74) is 1.90. The van der Waals surface area contributed by atoms with E-state index in [-0.39, 0.29) is 17.3 Å². The van der Waals surface area contributed by atoms with Crippen molar-refractivity contribution < 1.29 is 14.3 Å². The number of hydrogen-bond acceptors (Lipinski definition) is 1. The van der Waals surface area contributed by atoms with Crippen molar-refractivity contribution in [1.82, 2.24) is 0 Å². The summed E-state index contributed by atoms with van der Waals surface area (Å²) >= 11 is 0. The lowest BCUT2D eigenvalue weighted by Crippen LogP contribution is -2.06. The second kappa shape index (κ2) is 5.60. The van der Waals surface area contributed by atoms with Gasteiger partial charge in [-0.25, -0.2) is 9.18 Å². The monoisotopic (exact) mass is 294 g/mol. The van der Waals surface area contributed by atoms with Gasteiger partial charge in [-0.1, -0.05) is 49.4 Å². The van der Waals surface area contributed by atoms with Gasteiger partial charge in [0.1, 0.15) is 5.82 Å². The molecule has 0 unspecified atom stereocenters. The number of carboxylic acid groups (broad SMARTS) is 1. The summed E-state index contributed by atoms with van der Waals surface area (Å²) < 4.78 is 13.9. The zero-order valence-corrected chi connectivity index (χ0v) is 12.1. The van der Waals surface area contributed by atoms with Gasteiger partial charge in [-0.3, -0.25) is 0 Å². The maximum Gasteiger partial charge on any atom is 0.335 e. The average Bonchev–Trinajstić information content (AvgIpc) is 2.54. The second-order valence-electron chi connectivity index (χ2n) is 5.33. The van der Waals surface area contributed by atoms with E-state index >= 15 is 0 Å². The number of carboxylic acids is 1. The summed E-state index contributed by atoms with van der Waals surface area (Å²) in [6.07, 6.45) is 0. The summed E-state index contributed by atoms with van der Waals surface area (Å²) in [6, 6.07) is 17.5. The molecule has 110 valence electrons. The highest BCUT2D eigenvalue weighted by molar-refractivity contribution is 5.90. The summed E-state index contributed by atoms with van der Waals surface area (Å²) in [5, 5.41) is 10.7. The lowest BCUT2D eigenvalue weighted by Gasteiger charge is -2.16. The molecule has 3 aromatic rings. The third-order valence-corrected chi connectivity index (χ3v) is 4.01. The Labute approximate surface area is 127 Å². The Hall–Kier alpha value is -2.68. The molecule has 0 saturated heterocycles. The number of fused-ring (bicyclic) bond motifs is 1. The van der Waals surface area contributed by atoms with Crippen molar-refractivity contribution in [2.45, 2.75) is 12.8 Å². The van der Waals surface area contributed by atoms with Crippen LogP contribution in [0.2, 0.25) is 0 Å². The topological polar surface area (TPSA) is 37.3 Å². The number of halogens is 1. The van der Waals surface area contributed by atoms with Crippen LogP contribution in [0.5, 0.6) is 0 Å². The first-order valence-corrected chi connectivity index (χ1v) is 7.08. The minimum Gasteiger partial charge on any atom is -0.478 e. The van der Waals surface area contributed by atoms with Crippen LogP contribution in [0.1, 0.15) is 34.3 Å². The zero-order chi connectivity index (χ0) is 15.7. The first-order valence-electron chi connectivity index (χ1n) is 7.08. The number of hydrogen-bond donors (Lipinski definition) is 1. The van der Waals surface area contributed by atoms with Crippen molar-refractivity contribution in [3.8, 4) is 0 Å². The van der Waals surface area contributed by atoms with Crippen molar-refractivity contribution in [2.24, 2.45) is 0 Å². The lowest BCUT2D eigenvalue weighted by molar-refractivity contribution is 0.0695. The fourth-order valence-corrected chi connectivity index (χ4v) is 2.77. The van der Waals surface area contributed by atoms with E-state index in [1.54, 1.807) is 30.3 Å². The summed E-state index contributed by atoms with van der Waals surface area (Å²) in [4.78, 5) is 11.4. The quantitative estimate of drug-likeness (QED) is 0.751. The van der Waals surface area contributed by atoms with Gasteiger partial charge in [-0.2, -0.15) is 0 Å². The Balaban J connectivity index is 2.11. The molecule has 3 aromatic carbocycles. The molecule has 2 nitrogen and oxygen atoms in total. The fourth-order valence-electron chi connectivity index (χ4n) is 2.77. The first kappa shape index (κ1) is 14.3. The van der Waals surface area contributed by atoms with Crippen LogP contribution < -0.4 is 0 Å². The summed E-state index contributed by atoms with van der Waals surface area (Å²) in [6.45, 7) is 1.93. The number of carbonyl (C=O) groups is 1. The van der Waals surface area contributed by atoms with Crippen LogP contribution in [0.4, 0.5) is 4.39 Å². The van der Waals surface area contributed by atoms with Crippen molar-refractivity contribution >= 4 is 16.7 Å². The van der Waals surface area contributed by atoms with E-state index < -0.39 is 5.97 Å². The molecule has 0 aliphatic rings. The molecule has 0 bridgehead atoms. The molecule has 0 aromatic heterocycles. The van der Waals surface area contributed by atoms with E-state index in [1.807, 2.05) is 31.2 Å². The highest BCUT2D eigenvalue weighted by Gasteiger charge is 2.17. The van der Waals surface area contributed by atoms with Crippen LogP contribution in [-0.2, 0) is 0 Å². The standard InChI is InChI=1S/C19H15FO2/c1-12(15-6-2-3-7-16(15)19(21)22)14-10-9-13-5-4-8-18(20)17(13)11-14/h2-12H,1H3,(H,21,22)/t12-/m0/s1. The second-order valence-corrected chi connectivity index (χ2v) is 5.33. The van der Waals surface area contributed by atoms with Crippen LogP contribution in [0.15, 0.2) is 60.7 Å². The van der Waals surface area contributed by atoms with Gasteiger partial charge in [-0.05, 0) is 34.7 Å². The highest BCUT2D eigenvalue weighted by Crippen LogP contribution is 2.30. The molecule has 0 saturated carbocycles. The van der Waals surface area contributed by atoms with E-state index in [2.05, 4.69) is 0 Å². The van der Waals surface area contributed by atoms with Crippen LogP contribution in [0, 0.1) is 5.82 Å². The van der Waals surface area contributed by atoms with Gasteiger partial charge < -0.3 is 5.11 Å². The lowest BCUT2D eigenvalue weighted by atomic mass is 9.88. The maximum absolute atomic E-state index is 13.9. The summed E-state index contributed by atoms with van der Waals surface area (Å²) in [5.74, 6) is -1.34. The molecular formula is C19H15FO2. The fraction of sp³-hybridized carbons (Fsp3) is 0.105. The Morgan fingerprint density at radius 1 is 1.05 bits per heavy atom. The molecule has 1 atom stereocenters. The van der Waals surface area contributed by atoms with Gasteiger partial charge in [0.15, 0.2) is 0 Å². The highest BCUT2D eigenvalue weighted by atomic mass is 19.1. The summed E-state index contributed by atoms with van der Waals surface area (Å²) in [7, 11) is 0. The Morgan fingerprint density at radius 3 is 2.59 bits per heavy atom. The van der Waals surface area contributed by atoms with Crippen molar-refractivity contribution in [3.63, 3.8) is 0 Å². The number of aromatic carboxylic acids is 1. The molecule has 3 rings (SSSR count). The van der Waals surface area contributed by atoms with Crippen molar-refractivity contribution in [3.05, 3.63) is 83.2 Å². The predicted molar refractivity (Wildman–Crippen MR) is 84.8 cm³/mol. The van der Waals surface area contributed by atoms with Gasteiger partial charge in [-0.15, -0.1) is 0 Å². The van der Waals surface area contributed by atoms with Crippen LogP contribution in [-0.4, -0.2) is 11.1 Å². The van der Waals surface area contributed by atoms with Crippen molar-refractivity contribution in [1.29, 1.82) is 0 Å². The molecule has 0 radical (unpaired) electrons. The Bertz CT molecular complexity index is 855. The van der Waals surface area contributed by atoms with E-state index in [1.165, 1.54) is 6.07 Å². The molecule has 22 heavy (non-hydrogen) atoms. The molecule has 0 amide bonds. The minimum absolute atomic E-state index is 0.128. The van der Waals surface area contributed by atoms with E-state index in [4.69, 9.17) is 0 Å². The SMILES string of the molecule is C[C@@H](c1ccc2cccc(F)c2c1)c1ccccc1C(=O)O. The predicted octanol–water partition coefficient (Wildman–Crippen LogP) is 4.83. The minimum atomic E-state index is -0.950. The molecule has 0 spiro atoms. The third-order valence-electron chi connectivity index (χ3n) is 4.01. The molecule has 1 N–H and O–H groups in total. The van der Waals surface area contributed by atoms with Crippen LogP contribution in [0.25, 0.3) is 10.8 Å². The van der Waals surface area contributed by atoms with Gasteiger partial charge in [0.25, 0.3) is 0 Å². The molecule has 0 aliphatic carbocycles. The van der Waals surface area contributed by atoms with Gasteiger partial charge in [0, 0.05) is 11.3 Å². The van der Waals surface area contributed by atoms with Gasteiger partial charge in [0.05, 0.1) is 5.56 Å². The smallest absolute Gasteiger partial charge is 0.335 e. The molecule has 0 heterocycles. The normalized spacial score (nSPS) is 12.3. The maximum atomic E-state index is 13.9. The van der Waals surface area contributed by atoms with E-state index in [0.717, 1.165) is 16.5 Å². The van der Waals surface area contributed by atoms with Crippen LogP contribution in [0.3, 0.4) is 0 Å². The first-order chi connectivity index (χ1) is 10.6. The van der Waals surface area contributed by atoms with Crippen LogP contribution >= 0.6 is 0 Å². The molecule has 3 heteroatoms. The molecular weight excluding hydrogens is 279 g/mol. The number of benzene rings is 3. The molecule has 0 aliphatic heterocycles. The van der Waals surface area contributed by atoms with E-state index in [9.17, 15) is 14.3 Å². The largest absolute Gasteiger partial charge is 0.478 e. The Kier molecular flexibility index (Phi) is 3.63. The average molecular weight is 294 g/mol. The third kappa shape index (κ3) is 2.46. The Morgan fingerprint density at radius 2 is 1.82 bits per heavy atom. The van der Waals surface area contributed by atoms with Gasteiger partial charge in [0.2, 0.25) is 0 Å². The number of rotatable bonds is 3. The van der Waals surface area contributed by atoms with Crippen molar-refractivity contribution in [2.75, 3.05) is 0 Å². The zero-order valence-electron chi connectivity index (χ0n) is 12.1. The van der Waals surface area contributed by atoms with Gasteiger partial charge >= 0.3 is 5.97 Å². The van der Waals surface area contributed by atoms with E-state index in [0.29, 0.717) is 5.39 Å². The molecule has 0 fully saturated rings.